The maximum absolute atomic E-state index is 11.8. The summed E-state index contributed by atoms with van der Waals surface area (Å²) in [6, 6.07) is 2.14. The molecule has 0 aromatic carbocycles. The van der Waals surface area contributed by atoms with Gasteiger partial charge in [0.25, 0.3) is 5.56 Å². The van der Waals surface area contributed by atoms with Crippen molar-refractivity contribution in [3.8, 4) is 0 Å². The highest BCUT2D eigenvalue weighted by atomic mass is 16.1. The van der Waals surface area contributed by atoms with Crippen LogP contribution in [-0.2, 0) is 0 Å². The van der Waals surface area contributed by atoms with Crippen LogP contribution in [0.25, 0.3) is 11.0 Å². The lowest BCUT2D eigenvalue weighted by Gasteiger charge is -2.10. The van der Waals surface area contributed by atoms with Crippen LogP contribution >= 0.6 is 0 Å². The van der Waals surface area contributed by atoms with Gasteiger partial charge in [0, 0.05) is 18.2 Å². The number of hydrogen-bond acceptors (Lipinski definition) is 2. The molecule has 2 aromatic rings. The maximum Gasteiger partial charge on any atom is 0.260 e. The summed E-state index contributed by atoms with van der Waals surface area (Å²) in [5.74, 6) is 0.978. The Hall–Kier alpha value is -1.58. The fourth-order valence-corrected chi connectivity index (χ4v) is 1.75. The second-order valence-corrected chi connectivity index (χ2v) is 4.66. The predicted octanol–water partition coefficient (Wildman–Crippen LogP) is 2.43. The van der Waals surface area contributed by atoms with E-state index in [-0.39, 0.29) is 11.5 Å². The Kier molecular flexibility index (Phi) is 2.58. The van der Waals surface area contributed by atoms with Crippen LogP contribution in [0.1, 0.15) is 45.5 Å². The number of rotatable bonds is 2. The molecule has 0 aliphatic rings. The summed E-state index contributed by atoms with van der Waals surface area (Å²) in [6.07, 6.45) is 1.92. The Labute approximate surface area is 94.3 Å². The van der Waals surface area contributed by atoms with Crippen molar-refractivity contribution in [1.82, 2.24) is 14.5 Å². The standard InChI is InChI=1S/C12H17N3O/c1-7(2)10-13-11-9(12(16)14-10)5-6-15(11)8(3)4/h5-8H,1-4H3,(H,13,14,16). The number of fused-ring (bicyclic) bond motifs is 1. The van der Waals surface area contributed by atoms with Gasteiger partial charge < -0.3 is 9.55 Å². The Balaban J connectivity index is 2.76. The molecule has 0 aliphatic heterocycles. The third-order valence-corrected chi connectivity index (χ3v) is 2.70. The van der Waals surface area contributed by atoms with E-state index in [1.54, 1.807) is 0 Å². The van der Waals surface area contributed by atoms with Gasteiger partial charge in [-0.25, -0.2) is 4.98 Å². The molecule has 0 amide bonds. The van der Waals surface area contributed by atoms with Gasteiger partial charge in [0.05, 0.1) is 5.39 Å². The molecule has 4 nitrogen and oxygen atoms in total. The molecule has 0 bridgehead atoms. The Morgan fingerprint density at radius 2 is 2.00 bits per heavy atom. The highest BCUT2D eigenvalue weighted by Crippen LogP contribution is 2.17. The first-order valence-electron chi connectivity index (χ1n) is 5.61. The first-order valence-corrected chi connectivity index (χ1v) is 5.61. The van der Waals surface area contributed by atoms with Gasteiger partial charge in [-0.15, -0.1) is 0 Å². The lowest BCUT2D eigenvalue weighted by Crippen LogP contribution is -2.13. The van der Waals surface area contributed by atoms with E-state index < -0.39 is 0 Å². The summed E-state index contributed by atoms with van der Waals surface area (Å²) < 4.78 is 2.02. The predicted molar refractivity (Wildman–Crippen MR) is 64.8 cm³/mol. The van der Waals surface area contributed by atoms with Crippen molar-refractivity contribution in [2.45, 2.75) is 39.7 Å². The molecule has 86 valence electrons. The van der Waals surface area contributed by atoms with E-state index >= 15 is 0 Å². The Morgan fingerprint density at radius 3 is 2.56 bits per heavy atom. The van der Waals surface area contributed by atoms with Crippen molar-refractivity contribution in [3.63, 3.8) is 0 Å². The van der Waals surface area contributed by atoms with Crippen molar-refractivity contribution < 1.29 is 0 Å². The molecular formula is C12H17N3O. The van der Waals surface area contributed by atoms with E-state index in [2.05, 4.69) is 23.8 Å². The lowest BCUT2D eigenvalue weighted by molar-refractivity contribution is 0.614. The summed E-state index contributed by atoms with van der Waals surface area (Å²) in [7, 11) is 0. The zero-order valence-corrected chi connectivity index (χ0v) is 10.1. The van der Waals surface area contributed by atoms with Gasteiger partial charge >= 0.3 is 0 Å². The molecule has 0 atom stereocenters. The topological polar surface area (TPSA) is 50.7 Å². The van der Waals surface area contributed by atoms with Crippen LogP contribution in [0.5, 0.6) is 0 Å². The van der Waals surface area contributed by atoms with Gasteiger partial charge in [0.15, 0.2) is 0 Å². The SMILES string of the molecule is CC(C)c1nc2c(ccn2C(C)C)c(=O)[nH]1. The molecule has 4 heteroatoms. The highest BCUT2D eigenvalue weighted by Gasteiger charge is 2.11. The van der Waals surface area contributed by atoms with E-state index in [0.717, 1.165) is 11.5 Å². The van der Waals surface area contributed by atoms with E-state index in [4.69, 9.17) is 0 Å². The van der Waals surface area contributed by atoms with Gasteiger partial charge in [-0.1, -0.05) is 13.8 Å². The van der Waals surface area contributed by atoms with Crippen molar-refractivity contribution in [2.75, 3.05) is 0 Å². The summed E-state index contributed by atoms with van der Waals surface area (Å²) in [5.41, 5.74) is 0.732. The molecule has 0 radical (unpaired) electrons. The summed E-state index contributed by atoms with van der Waals surface area (Å²) >= 11 is 0. The molecule has 2 aromatic heterocycles. The molecule has 0 aliphatic carbocycles. The normalized spacial score (nSPS) is 11.9. The highest BCUT2D eigenvalue weighted by molar-refractivity contribution is 5.75. The Bertz CT molecular complexity index is 563. The van der Waals surface area contributed by atoms with Gasteiger partial charge in [-0.05, 0) is 19.9 Å². The quantitative estimate of drug-likeness (QED) is 0.843. The van der Waals surface area contributed by atoms with E-state index in [1.165, 1.54) is 0 Å². The van der Waals surface area contributed by atoms with Crippen LogP contribution in [0.3, 0.4) is 0 Å². The van der Waals surface area contributed by atoms with Gasteiger partial charge in [0.1, 0.15) is 11.5 Å². The molecule has 0 saturated carbocycles. The Morgan fingerprint density at radius 1 is 1.31 bits per heavy atom. The first-order chi connectivity index (χ1) is 7.50. The monoisotopic (exact) mass is 219 g/mol. The molecule has 1 N–H and O–H groups in total. The number of hydrogen-bond donors (Lipinski definition) is 1. The zero-order chi connectivity index (χ0) is 11.9. The second kappa shape index (κ2) is 3.77. The summed E-state index contributed by atoms with van der Waals surface area (Å²) in [5, 5.41) is 0.665. The molecule has 16 heavy (non-hydrogen) atoms. The van der Waals surface area contributed by atoms with Crippen LogP contribution in [-0.4, -0.2) is 14.5 Å². The zero-order valence-electron chi connectivity index (χ0n) is 10.1. The van der Waals surface area contributed by atoms with Crippen LogP contribution in [0, 0.1) is 0 Å². The van der Waals surface area contributed by atoms with Crippen molar-refractivity contribution in [1.29, 1.82) is 0 Å². The van der Waals surface area contributed by atoms with E-state index in [9.17, 15) is 4.79 Å². The smallest absolute Gasteiger partial charge is 0.260 e. The number of aromatic amines is 1. The van der Waals surface area contributed by atoms with Gasteiger partial charge in [-0.3, -0.25) is 4.79 Å². The molecular weight excluding hydrogens is 202 g/mol. The summed E-state index contributed by atoms with van der Waals surface area (Å²) in [4.78, 5) is 19.2. The van der Waals surface area contributed by atoms with Crippen LogP contribution in [0.2, 0.25) is 0 Å². The number of nitrogens with zero attached hydrogens (tertiary/aromatic N) is 2. The molecule has 2 rings (SSSR count). The van der Waals surface area contributed by atoms with Crippen molar-refractivity contribution in [2.24, 2.45) is 0 Å². The second-order valence-electron chi connectivity index (χ2n) is 4.66. The average Bonchev–Trinajstić information content (AvgIpc) is 2.61. The molecule has 0 fully saturated rings. The van der Waals surface area contributed by atoms with Crippen molar-refractivity contribution in [3.05, 3.63) is 28.4 Å². The molecule has 2 heterocycles. The summed E-state index contributed by atoms with van der Waals surface area (Å²) in [6.45, 7) is 8.20. The minimum absolute atomic E-state index is 0.0481. The van der Waals surface area contributed by atoms with Crippen LogP contribution in [0.15, 0.2) is 17.1 Å². The maximum atomic E-state index is 11.8. The average molecular weight is 219 g/mol. The van der Waals surface area contributed by atoms with Gasteiger partial charge in [0.2, 0.25) is 0 Å². The van der Waals surface area contributed by atoms with E-state index in [1.807, 2.05) is 30.7 Å². The number of aromatic nitrogens is 3. The van der Waals surface area contributed by atoms with E-state index in [0.29, 0.717) is 11.4 Å². The third kappa shape index (κ3) is 1.64. The fraction of sp³-hybridized carbons (Fsp3) is 0.500. The minimum atomic E-state index is -0.0481. The largest absolute Gasteiger partial charge is 0.330 e. The molecule has 0 spiro atoms. The molecule has 0 saturated heterocycles. The van der Waals surface area contributed by atoms with Crippen LogP contribution in [0.4, 0.5) is 0 Å². The first kappa shape index (κ1) is 10.9. The minimum Gasteiger partial charge on any atom is -0.330 e. The van der Waals surface area contributed by atoms with Crippen molar-refractivity contribution >= 4 is 11.0 Å². The third-order valence-electron chi connectivity index (χ3n) is 2.70. The number of H-pyrrole nitrogens is 1. The lowest BCUT2D eigenvalue weighted by atomic mass is 10.2. The molecule has 0 unspecified atom stereocenters. The van der Waals surface area contributed by atoms with Gasteiger partial charge in [-0.2, -0.15) is 0 Å². The fourth-order valence-electron chi connectivity index (χ4n) is 1.75. The van der Waals surface area contributed by atoms with Crippen LogP contribution < -0.4 is 5.56 Å². The number of nitrogens with one attached hydrogen (secondary N) is 1.